The van der Waals surface area contributed by atoms with Crippen LogP contribution in [0.1, 0.15) is 18.9 Å². The summed E-state index contributed by atoms with van der Waals surface area (Å²) in [4.78, 5) is 12.8. The number of imidazole rings is 1. The number of ether oxygens (including phenoxy) is 1. The highest BCUT2D eigenvalue weighted by Crippen LogP contribution is 2.41. The number of aromatic nitrogens is 4. The lowest BCUT2D eigenvalue weighted by molar-refractivity contribution is 0.467. The average Bonchev–Trinajstić information content (AvgIpc) is 3.29. The molecular formula is C14H12Cl2N6O. The lowest BCUT2D eigenvalue weighted by Gasteiger charge is -2.11. The van der Waals surface area contributed by atoms with E-state index >= 15 is 0 Å². The van der Waals surface area contributed by atoms with Gasteiger partial charge < -0.3 is 14.7 Å². The first-order valence-electron chi connectivity index (χ1n) is 6.98. The third-order valence-electron chi connectivity index (χ3n) is 3.63. The fourth-order valence-corrected chi connectivity index (χ4v) is 2.93. The third kappa shape index (κ3) is 2.56. The predicted octanol–water partition coefficient (Wildman–Crippen LogP) is 3.55. The largest absolute Gasteiger partial charge is 0.434 e. The number of hydrazine groups is 1. The molecule has 0 spiro atoms. The Kier molecular flexibility index (Phi) is 3.48. The van der Waals surface area contributed by atoms with Gasteiger partial charge in [-0.3, -0.25) is 5.84 Å². The number of rotatable bonds is 4. The van der Waals surface area contributed by atoms with Gasteiger partial charge in [0.1, 0.15) is 6.33 Å². The number of nitrogens with zero attached hydrogens (tertiary/aromatic N) is 4. The summed E-state index contributed by atoms with van der Waals surface area (Å²) in [5.41, 5.74) is 4.39. The van der Waals surface area contributed by atoms with Gasteiger partial charge in [0.15, 0.2) is 16.9 Å². The summed E-state index contributed by atoms with van der Waals surface area (Å²) in [5, 5.41) is 0.637. The molecule has 1 aliphatic rings. The summed E-state index contributed by atoms with van der Waals surface area (Å²) in [7, 11) is 0. The van der Waals surface area contributed by atoms with E-state index in [0.717, 1.165) is 18.5 Å². The fraction of sp³-hybridized carbons (Fsp3) is 0.214. The van der Waals surface area contributed by atoms with Crippen LogP contribution in [0.25, 0.3) is 11.2 Å². The van der Waals surface area contributed by atoms with Crippen molar-refractivity contribution in [3.05, 3.63) is 34.8 Å². The van der Waals surface area contributed by atoms with Crippen LogP contribution in [0.4, 0.5) is 5.69 Å². The number of nitrogens with one attached hydrogen (secondary N) is 1. The van der Waals surface area contributed by atoms with Crippen LogP contribution in [0, 0.1) is 0 Å². The molecule has 9 heteroatoms. The quantitative estimate of drug-likeness (QED) is 0.552. The van der Waals surface area contributed by atoms with Crippen LogP contribution in [0.3, 0.4) is 0 Å². The molecule has 1 aliphatic carbocycles. The molecule has 0 unspecified atom stereocenters. The van der Waals surface area contributed by atoms with Gasteiger partial charge in [0.05, 0.1) is 22.1 Å². The van der Waals surface area contributed by atoms with Crippen LogP contribution < -0.4 is 16.0 Å². The monoisotopic (exact) mass is 350 g/mol. The second-order valence-corrected chi connectivity index (χ2v) is 6.06. The minimum Gasteiger partial charge on any atom is -0.434 e. The Morgan fingerprint density at radius 1 is 1.17 bits per heavy atom. The molecule has 7 nitrogen and oxygen atoms in total. The number of hydrogen-bond acceptors (Lipinski definition) is 6. The van der Waals surface area contributed by atoms with E-state index < -0.39 is 0 Å². The van der Waals surface area contributed by atoms with Gasteiger partial charge in [-0.05, 0) is 25.0 Å². The van der Waals surface area contributed by atoms with Crippen molar-refractivity contribution < 1.29 is 4.74 Å². The Morgan fingerprint density at radius 3 is 2.57 bits per heavy atom. The molecule has 0 bridgehead atoms. The second-order valence-electron chi connectivity index (χ2n) is 5.25. The highest BCUT2D eigenvalue weighted by molar-refractivity contribution is 6.37. The molecule has 1 saturated carbocycles. The van der Waals surface area contributed by atoms with Crippen LogP contribution >= 0.6 is 23.2 Å². The Balaban J connectivity index is 1.76. The van der Waals surface area contributed by atoms with Gasteiger partial charge in [0.2, 0.25) is 0 Å². The minimum atomic E-state index is 0.299. The summed E-state index contributed by atoms with van der Waals surface area (Å²) in [6.45, 7) is 0. The third-order valence-corrected chi connectivity index (χ3v) is 4.19. The molecule has 0 radical (unpaired) electrons. The maximum Gasteiger partial charge on any atom is 0.251 e. The summed E-state index contributed by atoms with van der Waals surface area (Å²) in [6.07, 6.45) is 5.47. The molecule has 4 rings (SSSR count). The van der Waals surface area contributed by atoms with Gasteiger partial charge in [-0.2, -0.15) is 4.98 Å². The standard InChI is InChI=1S/C14H12Cl2N6O/c15-9-3-7(21-17)4-10(16)12(9)23-14-11-13(18-5-19-14)22(6-20-11)8-1-2-8/h3-6,8,21H,1-2,17H2. The number of hydrogen-bond donors (Lipinski definition) is 2. The number of nitrogens with two attached hydrogens (primary N) is 1. The molecule has 3 N–H and O–H groups in total. The van der Waals surface area contributed by atoms with Crippen molar-refractivity contribution in [2.24, 2.45) is 5.84 Å². The number of nitrogen functional groups attached to an aromatic ring is 1. The van der Waals surface area contributed by atoms with E-state index in [4.69, 9.17) is 33.8 Å². The van der Waals surface area contributed by atoms with Gasteiger partial charge in [-0.1, -0.05) is 23.2 Å². The van der Waals surface area contributed by atoms with Crippen molar-refractivity contribution in [3.63, 3.8) is 0 Å². The van der Waals surface area contributed by atoms with Crippen LogP contribution in [0.5, 0.6) is 11.6 Å². The average molecular weight is 351 g/mol. The number of halogens is 2. The lowest BCUT2D eigenvalue weighted by atomic mass is 10.3. The van der Waals surface area contributed by atoms with Gasteiger partial charge in [-0.15, -0.1) is 0 Å². The molecule has 0 amide bonds. The molecule has 0 aliphatic heterocycles. The molecule has 23 heavy (non-hydrogen) atoms. The maximum absolute atomic E-state index is 6.21. The zero-order valence-electron chi connectivity index (χ0n) is 11.8. The highest BCUT2D eigenvalue weighted by Gasteiger charge is 2.27. The first-order valence-corrected chi connectivity index (χ1v) is 7.74. The Bertz CT molecular complexity index is 869. The summed E-state index contributed by atoms with van der Waals surface area (Å²) in [5.74, 6) is 5.97. The van der Waals surface area contributed by atoms with E-state index in [1.165, 1.54) is 6.33 Å². The van der Waals surface area contributed by atoms with Crippen LogP contribution in [0.2, 0.25) is 10.0 Å². The number of anilines is 1. The van der Waals surface area contributed by atoms with E-state index in [1.54, 1.807) is 18.5 Å². The van der Waals surface area contributed by atoms with E-state index in [0.29, 0.717) is 38.9 Å². The molecule has 0 atom stereocenters. The molecule has 1 fully saturated rings. The predicted molar refractivity (Wildman–Crippen MR) is 87.9 cm³/mol. The van der Waals surface area contributed by atoms with Gasteiger partial charge in [0, 0.05) is 6.04 Å². The van der Waals surface area contributed by atoms with Crippen molar-refractivity contribution in [1.82, 2.24) is 19.5 Å². The molecular weight excluding hydrogens is 339 g/mol. The molecule has 118 valence electrons. The van der Waals surface area contributed by atoms with Crippen LogP contribution in [0.15, 0.2) is 24.8 Å². The summed E-state index contributed by atoms with van der Waals surface area (Å²) in [6, 6.07) is 3.69. The van der Waals surface area contributed by atoms with E-state index in [-0.39, 0.29) is 0 Å². The van der Waals surface area contributed by atoms with Crippen molar-refractivity contribution in [2.45, 2.75) is 18.9 Å². The van der Waals surface area contributed by atoms with Crippen LogP contribution in [-0.2, 0) is 0 Å². The lowest BCUT2D eigenvalue weighted by Crippen LogP contribution is -2.06. The smallest absolute Gasteiger partial charge is 0.251 e. The Morgan fingerprint density at radius 2 is 1.91 bits per heavy atom. The number of fused-ring (bicyclic) bond motifs is 1. The fourth-order valence-electron chi connectivity index (χ4n) is 2.36. The first-order chi connectivity index (χ1) is 11.2. The second kappa shape index (κ2) is 5.52. The molecule has 2 heterocycles. The van der Waals surface area contributed by atoms with Crippen molar-refractivity contribution in [3.8, 4) is 11.6 Å². The van der Waals surface area contributed by atoms with Crippen molar-refractivity contribution in [1.29, 1.82) is 0 Å². The van der Waals surface area contributed by atoms with E-state index in [2.05, 4.69) is 20.4 Å². The normalized spacial score (nSPS) is 14.2. The molecule has 1 aromatic carbocycles. The highest BCUT2D eigenvalue weighted by atomic mass is 35.5. The van der Waals surface area contributed by atoms with Crippen molar-refractivity contribution >= 4 is 40.1 Å². The minimum absolute atomic E-state index is 0.299. The molecule has 3 aromatic rings. The zero-order valence-corrected chi connectivity index (χ0v) is 13.3. The molecule has 2 aromatic heterocycles. The van der Waals surface area contributed by atoms with E-state index in [9.17, 15) is 0 Å². The van der Waals surface area contributed by atoms with Crippen molar-refractivity contribution in [2.75, 3.05) is 5.43 Å². The van der Waals surface area contributed by atoms with Gasteiger partial charge in [0.25, 0.3) is 5.88 Å². The Hall–Kier alpha value is -2.09. The Labute approximate surface area is 141 Å². The van der Waals surface area contributed by atoms with Crippen LogP contribution in [-0.4, -0.2) is 19.5 Å². The maximum atomic E-state index is 6.21. The topological polar surface area (TPSA) is 90.9 Å². The summed E-state index contributed by atoms with van der Waals surface area (Å²) >= 11 is 12.4. The number of benzene rings is 1. The van der Waals surface area contributed by atoms with Gasteiger partial charge >= 0.3 is 0 Å². The summed E-state index contributed by atoms with van der Waals surface area (Å²) < 4.78 is 7.84. The first kappa shape index (κ1) is 14.5. The SMILES string of the molecule is NNc1cc(Cl)c(Oc2ncnc3c2ncn3C2CC2)c(Cl)c1. The zero-order chi connectivity index (χ0) is 16.0. The molecule has 0 saturated heterocycles. The van der Waals surface area contributed by atoms with E-state index in [1.807, 2.05) is 4.57 Å². The van der Waals surface area contributed by atoms with Gasteiger partial charge in [-0.25, -0.2) is 9.97 Å².